The number of nitrogens with one attached hydrogen (secondary N) is 1. The summed E-state index contributed by atoms with van der Waals surface area (Å²) < 4.78 is 5.43. The molecule has 0 radical (unpaired) electrons. The molecule has 0 amide bonds. The van der Waals surface area contributed by atoms with Gasteiger partial charge in [0.2, 0.25) is 0 Å². The lowest BCUT2D eigenvalue weighted by atomic mass is 9.93. The highest BCUT2D eigenvalue weighted by Gasteiger charge is 2.22. The molecule has 0 saturated carbocycles. The molecule has 1 aliphatic heterocycles. The van der Waals surface area contributed by atoms with E-state index >= 15 is 0 Å². The monoisotopic (exact) mass is 415 g/mol. The van der Waals surface area contributed by atoms with Gasteiger partial charge in [-0.15, -0.1) is 0 Å². The number of hydrogen-bond donors (Lipinski definition) is 1. The van der Waals surface area contributed by atoms with Crippen molar-refractivity contribution in [1.82, 2.24) is 19.9 Å². The van der Waals surface area contributed by atoms with Crippen molar-refractivity contribution in [2.75, 3.05) is 39.1 Å². The molecule has 6 nitrogen and oxygen atoms in total. The molecule has 3 heterocycles. The second-order valence-corrected chi connectivity index (χ2v) is 7.71. The van der Waals surface area contributed by atoms with Crippen molar-refractivity contribution >= 4 is 11.9 Å². The number of likely N-dealkylation sites (tertiary alicyclic amines) is 1. The number of methoxy groups -OCH3 is 1. The van der Waals surface area contributed by atoms with Crippen molar-refractivity contribution in [2.45, 2.75) is 18.8 Å². The smallest absolute Gasteiger partial charge is 0.163 e. The van der Waals surface area contributed by atoms with Crippen molar-refractivity contribution < 1.29 is 4.74 Å². The van der Waals surface area contributed by atoms with Crippen LogP contribution in [0.5, 0.6) is 5.75 Å². The van der Waals surface area contributed by atoms with Gasteiger partial charge in [0.15, 0.2) is 5.82 Å². The highest BCUT2D eigenvalue weighted by Crippen LogP contribution is 2.29. The van der Waals surface area contributed by atoms with Gasteiger partial charge in [-0.25, -0.2) is 9.97 Å². The molecule has 160 valence electrons. The van der Waals surface area contributed by atoms with Crippen LogP contribution in [0.1, 0.15) is 30.0 Å². The molecule has 4 rings (SSSR count). The fourth-order valence-electron chi connectivity index (χ4n) is 3.97. The van der Waals surface area contributed by atoms with Crippen LogP contribution in [0.25, 0.3) is 17.5 Å². The summed E-state index contributed by atoms with van der Waals surface area (Å²) in [6.45, 7) is 3.06. The number of hydrogen-bond acceptors (Lipinski definition) is 6. The van der Waals surface area contributed by atoms with Gasteiger partial charge in [0.1, 0.15) is 11.6 Å². The Bertz CT molecular complexity index is 1010. The third kappa shape index (κ3) is 5.27. The average molecular weight is 416 g/mol. The fourth-order valence-corrected chi connectivity index (χ4v) is 3.97. The molecule has 31 heavy (non-hydrogen) atoms. The van der Waals surface area contributed by atoms with Gasteiger partial charge in [-0.1, -0.05) is 30.4 Å². The first-order valence-electron chi connectivity index (χ1n) is 10.8. The van der Waals surface area contributed by atoms with Crippen molar-refractivity contribution in [3.05, 3.63) is 72.2 Å². The zero-order chi connectivity index (χ0) is 21.5. The number of para-hydroxylation sites is 1. The topological polar surface area (TPSA) is 63.2 Å². The molecule has 2 aromatic heterocycles. The van der Waals surface area contributed by atoms with Gasteiger partial charge in [-0.2, -0.15) is 0 Å². The lowest BCUT2D eigenvalue weighted by molar-refractivity contribution is 0.231. The summed E-state index contributed by atoms with van der Waals surface area (Å²) in [4.78, 5) is 16.2. The molecule has 0 atom stereocenters. The van der Waals surface area contributed by atoms with E-state index in [9.17, 15) is 0 Å². The first kappa shape index (κ1) is 21.0. The molecule has 6 heteroatoms. The van der Waals surface area contributed by atoms with Crippen LogP contribution in [0.15, 0.2) is 60.9 Å². The van der Waals surface area contributed by atoms with Gasteiger partial charge in [0.25, 0.3) is 0 Å². The largest absolute Gasteiger partial charge is 0.496 e. The van der Waals surface area contributed by atoms with Crippen LogP contribution < -0.4 is 10.1 Å². The summed E-state index contributed by atoms with van der Waals surface area (Å²) in [5, 5.41) is 3.18. The van der Waals surface area contributed by atoms with E-state index in [0.717, 1.165) is 66.7 Å². The lowest BCUT2D eigenvalue weighted by Crippen LogP contribution is -2.33. The van der Waals surface area contributed by atoms with E-state index in [1.165, 1.54) is 0 Å². The van der Waals surface area contributed by atoms with Crippen LogP contribution in [0.2, 0.25) is 0 Å². The fraction of sp³-hybridized carbons (Fsp3) is 0.320. The summed E-state index contributed by atoms with van der Waals surface area (Å²) in [5.41, 5.74) is 3.17. The molecular weight excluding hydrogens is 386 g/mol. The number of aromatic nitrogens is 3. The molecule has 0 bridgehead atoms. The summed E-state index contributed by atoms with van der Waals surface area (Å²) in [6, 6.07) is 14.1. The molecular formula is C25H29N5O. The Morgan fingerprint density at radius 2 is 1.97 bits per heavy atom. The number of nitrogens with zero attached hydrogens (tertiary/aromatic N) is 4. The molecule has 3 aromatic rings. The van der Waals surface area contributed by atoms with Gasteiger partial charge in [0.05, 0.1) is 7.11 Å². The summed E-state index contributed by atoms with van der Waals surface area (Å²) in [5.74, 6) is 2.94. The molecule has 0 aliphatic carbocycles. The number of benzene rings is 1. The zero-order valence-corrected chi connectivity index (χ0v) is 18.2. The maximum atomic E-state index is 5.43. The van der Waals surface area contributed by atoms with E-state index in [4.69, 9.17) is 9.72 Å². The average Bonchev–Trinajstić information content (AvgIpc) is 2.85. The Morgan fingerprint density at radius 1 is 1.13 bits per heavy atom. The van der Waals surface area contributed by atoms with Crippen LogP contribution >= 0.6 is 0 Å². The van der Waals surface area contributed by atoms with Crippen molar-refractivity contribution in [1.29, 1.82) is 0 Å². The number of rotatable bonds is 7. The quantitative estimate of drug-likeness (QED) is 0.614. The minimum atomic E-state index is 0.444. The summed E-state index contributed by atoms with van der Waals surface area (Å²) in [7, 11) is 3.61. The molecule has 1 N–H and O–H groups in total. The zero-order valence-electron chi connectivity index (χ0n) is 18.2. The van der Waals surface area contributed by atoms with Crippen LogP contribution in [0, 0.1) is 0 Å². The van der Waals surface area contributed by atoms with Crippen LogP contribution in [0.3, 0.4) is 0 Å². The normalized spacial score (nSPS) is 15.3. The number of ether oxygens (including phenoxy) is 1. The van der Waals surface area contributed by atoms with Crippen molar-refractivity contribution in [3.63, 3.8) is 0 Å². The van der Waals surface area contributed by atoms with Crippen LogP contribution in [0.4, 0.5) is 5.82 Å². The second-order valence-electron chi connectivity index (χ2n) is 7.71. The number of piperidine rings is 1. The first-order chi connectivity index (χ1) is 15.3. The third-order valence-corrected chi connectivity index (χ3v) is 5.73. The highest BCUT2D eigenvalue weighted by molar-refractivity contribution is 5.57. The van der Waals surface area contributed by atoms with E-state index in [1.807, 2.05) is 43.6 Å². The van der Waals surface area contributed by atoms with Gasteiger partial charge in [-0.3, -0.25) is 9.88 Å². The van der Waals surface area contributed by atoms with E-state index in [-0.39, 0.29) is 0 Å². The van der Waals surface area contributed by atoms with E-state index in [2.05, 4.69) is 44.5 Å². The standard InChI is InChI=1S/C25H29N5O/c1-26-24-17-22(28-25(29-24)21-8-5-13-27-18-21)19-11-15-30(16-12-19)14-6-9-20-7-3-4-10-23(20)31-2/h3-10,13,17-19H,11-12,14-16H2,1-2H3,(H,26,28,29)/b9-6+. The molecule has 1 aromatic carbocycles. The maximum absolute atomic E-state index is 5.43. The Labute approximate surface area is 184 Å². The molecule has 0 unspecified atom stereocenters. The molecule has 1 aliphatic rings. The van der Waals surface area contributed by atoms with Gasteiger partial charge >= 0.3 is 0 Å². The van der Waals surface area contributed by atoms with E-state index in [0.29, 0.717) is 5.92 Å². The van der Waals surface area contributed by atoms with E-state index in [1.54, 1.807) is 13.3 Å². The Morgan fingerprint density at radius 3 is 2.71 bits per heavy atom. The lowest BCUT2D eigenvalue weighted by Gasteiger charge is -2.31. The van der Waals surface area contributed by atoms with Gasteiger partial charge in [0, 0.05) is 54.8 Å². The molecule has 1 saturated heterocycles. The Balaban J connectivity index is 1.39. The second kappa shape index (κ2) is 10.2. The SMILES string of the molecule is CNc1cc(C2CCN(C/C=C/c3ccccc3OC)CC2)nc(-c2cccnc2)n1. The number of anilines is 1. The maximum Gasteiger partial charge on any atom is 0.163 e. The van der Waals surface area contributed by atoms with Crippen LogP contribution in [-0.2, 0) is 0 Å². The highest BCUT2D eigenvalue weighted by atomic mass is 16.5. The Hall–Kier alpha value is -3.25. The molecule has 1 fully saturated rings. The number of pyridine rings is 1. The third-order valence-electron chi connectivity index (χ3n) is 5.73. The molecule has 0 spiro atoms. The minimum Gasteiger partial charge on any atom is -0.496 e. The van der Waals surface area contributed by atoms with Crippen molar-refractivity contribution in [3.8, 4) is 17.1 Å². The predicted molar refractivity (Wildman–Crippen MR) is 125 cm³/mol. The van der Waals surface area contributed by atoms with Crippen molar-refractivity contribution in [2.24, 2.45) is 0 Å². The predicted octanol–water partition coefficient (Wildman–Crippen LogP) is 4.48. The summed E-state index contributed by atoms with van der Waals surface area (Å²) in [6.07, 6.45) is 10.1. The summed E-state index contributed by atoms with van der Waals surface area (Å²) >= 11 is 0. The van der Waals surface area contributed by atoms with E-state index < -0.39 is 0 Å². The first-order valence-corrected chi connectivity index (χ1v) is 10.8. The minimum absolute atomic E-state index is 0.444. The van der Waals surface area contributed by atoms with Gasteiger partial charge in [-0.05, 0) is 44.1 Å². The Kier molecular flexibility index (Phi) is 6.89. The van der Waals surface area contributed by atoms with Crippen LogP contribution in [-0.4, -0.2) is 53.6 Å². The van der Waals surface area contributed by atoms with Gasteiger partial charge < -0.3 is 10.1 Å².